The lowest BCUT2D eigenvalue weighted by atomic mass is 10.3. The van der Waals surface area contributed by atoms with Gasteiger partial charge in [-0.25, -0.2) is 0 Å². The van der Waals surface area contributed by atoms with E-state index < -0.39 is 0 Å². The van der Waals surface area contributed by atoms with Crippen LogP contribution >= 0.6 is 0 Å². The topological polar surface area (TPSA) is 24.9 Å². The van der Waals surface area contributed by atoms with Gasteiger partial charge in [0.15, 0.2) is 0 Å². The predicted molar refractivity (Wildman–Crippen MR) is 49.4 cm³/mol. The highest BCUT2D eigenvalue weighted by molar-refractivity contribution is 4.72. The van der Waals surface area contributed by atoms with Crippen LogP contribution in [0.3, 0.4) is 0 Å². The van der Waals surface area contributed by atoms with Crippen LogP contribution < -0.4 is 0 Å². The van der Waals surface area contributed by atoms with Crippen LogP contribution in [0.4, 0.5) is 0 Å². The zero-order valence-corrected chi connectivity index (χ0v) is 8.24. The monoisotopic (exact) mass is 186 g/mol. The van der Waals surface area contributed by atoms with Crippen molar-refractivity contribution in [3.05, 3.63) is 0 Å². The lowest BCUT2D eigenvalue weighted by molar-refractivity contribution is -0.221. The normalized spacial score (nSPS) is 32.5. The number of likely N-dealkylation sites (tertiary alicyclic amines) is 1. The molecule has 0 aromatic heterocycles. The summed E-state index contributed by atoms with van der Waals surface area (Å²) in [5.41, 5.74) is 0. The van der Waals surface area contributed by atoms with Crippen LogP contribution in [0.1, 0.15) is 6.42 Å². The van der Waals surface area contributed by atoms with E-state index in [0.717, 1.165) is 45.8 Å². The summed E-state index contributed by atoms with van der Waals surface area (Å²) in [4.78, 5) is 8.14. The van der Waals surface area contributed by atoms with Gasteiger partial charge in [-0.05, 0) is 13.5 Å². The van der Waals surface area contributed by atoms with E-state index in [0.29, 0.717) is 6.10 Å². The minimum atomic E-state index is 0.406. The highest BCUT2D eigenvalue weighted by atomic mass is 16.7. The highest BCUT2D eigenvalue weighted by Gasteiger charge is 2.23. The SMILES string of the molecule is CN1CCC(ON2CCOCC2)C1. The Morgan fingerprint density at radius 3 is 2.62 bits per heavy atom. The first-order valence-electron chi connectivity index (χ1n) is 5.02. The maximum Gasteiger partial charge on any atom is 0.0931 e. The van der Waals surface area contributed by atoms with Gasteiger partial charge in [0.1, 0.15) is 0 Å². The number of nitrogens with zero attached hydrogens (tertiary/aromatic N) is 2. The Bertz CT molecular complexity index is 157. The van der Waals surface area contributed by atoms with E-state index in [9.17, 15) is 0 Å². The summed E-state index contributed by atoms with van der Waals surface area (Å²) in [5, 5.41) is 2.05. The van der Waals surface area contributed by atoms with Gasteiger partial charge < -0.3 is 9.64 Å². The molecule has 0 radical (unpaired) electrons. The van der Waals surface area contributed by atoms with Gasteiger partial charge in [-0.3, -0.25) is 4.84 Å². The fraction of sp³-hybridized carbons (Fsp3) is 1.00. The third-order valence-electron chi connectivity index (χ3n) is 2.62. The molecule has 0 saturated carbocycles. The smallest absolute Gasteiger partial charge is 0.0931 e. The second-order valence-corrected chi connectivity index (χ2v) is 3.82. The van der Waals surface area contributed by atoms with Crippen molar-refractivity contribution in [3.8, 4) is 0 Å². The van der Waals surface area contributed by atoms with E-state index in [4.69, 9.17) is 9.57 Å². The molecule has 0 amide bonds. The van der Waals surface area contributed by atoms with Gasteiger partial charge in [-0.15, -0.1) is 0 Å². The van der Waals surface area contributed by atoms with Gasteiger partial charge >= 0.3 is 0 Å². The Kier molecular flexibility index (Phi) is 3.16. The highest BCUT2D eigenvalue weighted by Crippen LogP contribution is 2.12. The standard InChI is InChI=1S/C9H18N2O2/c1-10-3-2-9(8-10)13-11-4-6-12-7-5-11/h9H,2-8H2,1H3. The average molecular weight is 186 g/mol. The predicted octanol–water partition coefficient (Wildman–Crippen LogP) is -0.0457. The minimum Gasteiger partial charge on any atom is -0.379 e. The van der Waals surface area contributed by atoms with Gasteiger partial charge in [0, 0.05) is 26.2 Å². The maximum absolute atomic E-state index is 5.83. The van der Waals surface area contributed by atoms with Gasteiger partial charge in [-0.2, -0.15) is 5.06 Å². The molecular weight excluding hydrogens is 168 g/mol. The quantitative estimate of drug-likeness (QED) is 0.604. The Morgan fingerprint density at radius 1 is 1.23 bits per heavy atom. The van der Waals surface area contributed by atoms with Crippen molar-refractivity contribution >= 4 is 0 Å². The van der Waals surface area contributed by atoms with E-state index in [-0.39, 0.29) is 0 Å². The number of ether oxygens (including phenoxy) is 1. The molecule has 2 saturated heterocycles. The molecule has 76 valence electrons. The number of likely N-dealkylation sites (N-methyl/N-ethyl adjacent to an activating group) is 1. The largest absolute Gasteiger partial charge is 0.379 e. The van der Waals surface area contributed by atoms with Crippen molar-refractivity contribution in [2.24, 2.45) is 0 Å². The van der Waals surface area contributed by atoms with Gasteiger partial charge in [-0.1, -0.05) is 0 Å². The second-order valence-electron chi connectivity index (χ2n) is 3.82. The molecule has 4 nitrogen and oxygen atoms in total. The summed E-state index contributed by atoms with van der Waals surface area (Å²) in [6.45, 7) is 5.68. The van der Waals surface area contributed by atoms with Crippen LogP contribution in [0.5, 0.6) is 0 Å². The van der Waals surface area contributed by atoms with Crippen molar-refractivity contribution in [2.75, 3.05) is 46.4 Å². The second kappa shape index (κ2) is 4.37. The lowest BCUT2D eigenvalue weighted by Crippen LogP contribution is -2.39. The first-order valence-corrected chi connectivity index (χ1v) is 5.02. The molecule has 2 aliphatic heterocycles. The van der Waals surface area contributed by atoms with Crippen LogP contribution in [0.15, 0.2) is 0 Å². The molecule has 0 bridgehead atoms. The molecule has 4 heteroatoms. The minimum absolute atomic E-state index is 0.406. The van der Waals surface area contributed by atoms with E-state index >= 15 is 0 Å². The fourth-order valence-corrected chi connectivity index (χ4v) is 1.84. The number of hydrogen-bond acceptors (Lipinski definition) is 4. The first-order chi connectivity index (χ1) is 6.34. The molecular formula is C9H18N2O2. The summed E-state index contributed by atoms with van der Waals surface area (Å²) in [5.74, 6) is 0. The summed E-state index contributed by atoms with van der Waals surface area (Å²) in [6, 6.07) is 0. The van der Waals surface area contributed by atoms with E-state index in [1.807, 2.05) is 5.06 Å². The van der Waals surface area contributed by atoms with Crippen LogP contribution in [-0.4, -0.2) is 62.5 Å². The Hall–Kier alpha value is -0.160. The molecule has 0 aliphatic carbocycles. The molecule has 1 unspecified atom stereocenters. The van der Waals surface area contributed by atoms with Crippen molar-refractivity contribution < 1.29 is 9.57 Å². The number of hydroxylamine groups is 2. The molecule has 0 aromatic rings. The zero-order valence-electron chi connectivity index (χ0n) is 8.24. The van der Waals surface area contributed by atoms with Crippen molar-refractivity contribution in [3.63, 3.8) is 0 Å². The molecule has 0 N–H and O–H groups in total. The van der Waals surface area contributed by atoms with Crippen LogP contribution in [0.25, 0.3) is 0 Å². The Morgan fingerprint density at radius 2 is 2.00 bits per heavy atom. The first kappa shape index (κ1) is 9.40. The summed E-state index contributed by atoms with van der Waals surface area (Å²) < 4.78 is 5.25. The molecule has 2 rings (SSSR count). The Labute approximate surface area is 79.3 Å². The van der Waals surface area contributed by atoms with Crippen molar-refractivity contribution in [2.45, 2.75) is 12.5 Å². The van der Waals surface area contributed by atoms with Gasteiger partial charge in [0.2, 0.25) is 0 Å². The number of morpholine rings is 1. The molecule has 0 spiro atoms. The van der Waals surface area contributed by atoms with Gasteiger partial charge in [0.25, 0.3) is 0 Å². The number of rotatable bonds is 2. The summed E-state index contributed by atoms with van der Waals surface area (Å²) in [6.07, 6.45) is 1.57. The molecule has 1 atom stereocenters. The number of hydrogen-bond donors (Lipinski definition) is 0. The summed E-state index contributed by atoms with van der Waals surface area (Å²) >= 11 is 0. The van der Waals surface area contributed by atoms with Crippen LogP contribution in [-0.2, 0) is 9.57 Å². The third kappa shape index (κ3) is 2.64. The molecule has 0 aromatic carbocycles. The molecule has 2 heterocycles. The Balaban J connectivity index is 1.71. The summed E-state index contributed by atoms with van der Waals surface area (Å²) in [7, 11) is 2.14. The van der Waals surface area contributed by atoms with Crippen LogP contribution in [0.2, 0.25) is 0 Å². The maximum atomic E-state index is 5.83. The zero-order chi connectivity index (χ0) is 9.10. The molecule has 2 fully saturated rings. The van der Waals surface area contributed by atoms with Gasteiger partial charge in [0.05, 0.1) is 19.3 Å². The fourth-order valence-electron chi connectivity index (χ4n) is 1.84. The van der Waals surface area contributed by atoms with Crippen molar-refractivity contribution in [1.82, 2.24) is 9.96 Å². The van der Waals surface area contributed by atoms with E-state index in [1.165, 1.54) is 0 Å². The molecule has 2 aliphatic rings. The van der Waals surface area contributed by atoms with Crippen molar-refractivity contribution in [1.29, 1.82) is 0 Å². The van der Waals surface area contributed by atoms with Crippen LogP contribution in [0, 0.1) is 0 Å². The lowest BCUT2D eigenvalue weighted by Gasteiger charge is -2.28. The molecule has 13 heavy (non-hydrogen) atoms. The van der Waals surface area contributed by atoms with E-state index in [1.54, 1.807) is 0 Å². The third-order valence-corrected chi connectivity index (χ3v) is 2.62. The average Bonchev–Trinajstić information content (AvgIpc) is 2.53. The van der Waals surface area contributed by atoms with E-state index in [2.05, 4.69) is 11.9 Å².